The number of hydrogen-bond acceptors (Lipinski definition) is 1. The summed E-state index contributed by atoms with van der Waals surface area (Å²) in [5.41, 5.74) is 1.42. The molecule has 2 aromatic rings. The second-order valence-corrected chi connectivity index (χ2v) is 5.62. The van der Waals surface area contributed by atoms with Crippen molar-refractivity contribution in [3.63, 3.8) is 0 Å². The normalized spacial score (nSPS) is 13.1. The van der Waals surface area contributed by atoms with Crippen molar-refractivity contribution in [2.45, 2.75) is 52.1 Å². The van der Waals surface area contributed by atoms with Gasteiger partial charge >= 0.3 is 0 Å². The quantitative estimate of drug-likeness (QED) is 0.760. The SMILES string of the molecule is CCCCC(NC(C)C)c1ccc2ccccc2c1. The molecule has 1 unspecified atom stereocenters. The molecule has 0 amide bonds. The largest absolute Gasteiger partial charge is 0.308 e. The molecule has 0 heterocycles. The lowest BCUT2D eigenvalue weighted by Gasteiger charge is -2.22. The topological polar surface area (TPSA) is 12.0 Å². The number of benzene rings is 2. The minimum Gasteiger partial charge on any atom is -0.308 e. The number of unbranched alkanes of at least 4 members (excludes halogenated alkanes) is 1. The fourth-order valence-electron chi connectivity index (χ4n) is 2.58. The van der Waals surface area contributed by atoms with E-state index in [-0.39, 0.29) is 0 Å². The van der Waals surface area contributed by atoms with Crippen molar-refractivity contribution in [2.75, 3.05) is 0 Å². The van der Waals surface area contributed by atoms with Crippen molar-refractivity contribution in [1.29, 1.82) is 0 Å². The zero-order valence-corrected chi connectivity index (χ0v) is 12.3. The molecule has 0 bridgehead atoms. The van der Waals surface area contributed by atoms with Crippen LogP contribution in [0.5, 0.6) is 0 Å². The molecule has 0 aliphatic rings. The molecule has 1 N–H and O–H groups in total. The second kappa shape index (κ2) is 6.72. The highest BCUT2D eigenvalue weighted by Gasteiger charge is 2.12. The van der Waals surface area contributed by atoms with Gasteiger partial charge in [-0.2, -0.15) is 0 Å². The van der Waals surface area contributed by atoms with Gasteiger partial charge in [0, 0.05) is 12.1 Å². The zero-order valence-electron chi connectivity index (χ0n) is 12.3. The summed E-state index contributed by atoms with van der Waals surface area (Å²) in [6, 6.07) is 16.4. The first-order chi connectivity index (χ1) is 9.20. The first-order valence-electron chi connectivity index (χ1n) is 7.45. The first kappa shape index (κ1) is 14.1. The highest BCUT2D eigenvalue weighted by molar-refractivity contribution is 5.83. The number of fused-ring (bicyclic) bond motifs is 1. The lowest BCUT2D eigenvalue weighted by molar-refractivity contribution is 0.440. The van der Waals surface area contributed by atoms with Crippen LogP contribution in [0.2, 0.25) is 0 Å². The predicted octanol–water partition coefficient (Wildman–Crippen LogP) is 5.07. The van der Waals surface area contributed by atoms with Gasteiger partial charge in [0.25, 0.3) is 0 Å². The smallest absolute Gasteiger partial charge is 0.0322 e. The van der Waals surface area contributed by atoms with Gasteiger partial charge in [-0.25, -0.2) is 0 Å². The molecule has 0 aliphatic heterocycles. The van der Waals surface area contributed by atoms with Crippen molar-refractivity contribution >= 4 is 10.8 Å². The Kier molecular flexibility index (Phi) is 4.98. The van der Waals surface area contributed by atoms with Gasteiger partial charge in [0.1, 0.15) is 0 Å². The Balaban J connectivity index is 2.26. The predicted molar refractivity (Wildman–Crippen MR) is 84.5 cm³/mol. The van der Waals surface area contributed by atoms with Crippen LogP contribution < -0.4 is 5.32 Å². The van der Waals surface area contributed by atoms with Crippen LogP contribution in [0, 0.1) is 0 Å². The summed E-state index contributed by atoms with van der Waals surface area (Å²) >= 11 is 0. The third kappa shape index (κ3) is 3.81. The molecule has 2 aromatic carbocycles. The molecule has 0 aromatic heterocycles. The van der Waals surface area contributed by atoms with E-state index in [2.05, 4.69) is 68.6 Å². The summed E-state index contributed by atoms with van der Waals surface area (Å²) < 4.78 is 0. The summed E-state index contributed by atoms with van der Waals surface area (Å²) in [5, 5.41) is 6.36. The van der Waals surface area contributed by atoms with Crippen LogP contribution in [-0.2, 0) is 0 Å². The minimum absolute atomic E-state index is 0.476. The first-order valence-corrected chi connectivity index (χ1v) is 7.45. The van der Waals surface area contributed by atoms with Crippen molar-refractivity contribution in [2.24, 2.45) is 0 Å². The van der Waals surface area contributed by atoms with Gasteiger partial charge < -0.3 is 5.32 Å². The molecular weight excluding hydrogens is 230 g/mol. The van der Waals surface area contributed by atoms with Crippen molar-refractivity contribution < 1.29 is 0 Å². The third-order valence-corrected chi connectivity index (χ3v) is 3.56. The Morgan fingerprint density at radius 2 is 1.74 bits per heavy atom. The van der Waals surface area contributed by atoms with Crippen LogP contribution in [0.1, 0.15) is 51.6 Å². The van der Waals surface area contributed by atoms with E-state index in [4.69, 9.17) is 0 Å². The Morgan fingerprint density at radius 1 is 1.00 bits per heavy atom. The van der Waals surface area contributed by atoms with Crippen LogP contribution in [0.3, 0.4) is 0 Å². The van der Waals surface area contributed by atoms with Crippen LogP contribution in [-0.4, -0.2) is 6.04 Å². The highest BCUT2D eigenvalue weighted by atomic mass is 14.9. The van der Waals surface area contributed by atoms with Crippen LogP contribution in [0.15, 0.2) is 42.5 Å². The van der Waals surface area contributed by atoms with E-state index in [0.717, 1.165) is 0 Å². The molecule has 19 heavy (non-hydrogen) atoms. The summed E-state index contributed by atoms with van der Waals surface area (Å²) in [5.74, 6) is 0. The third-order valence-electron chi connectivity index (χ3n) is 3.56. The van der Waals surface area contributed by atoms with E-state index in [1.807, 2.05) is 0 Å². The van der Waals surface area contributed by atoms with E-state index >= 15 is 0 Å². The standard InChI is InChI=1S/C18H25N/c1-4-5-10-18(19-14(2)3)17-12-11-15-8-6-7-9-16(15)13-17/h6-9,11-14,18-19H,4-5,10H2,1-3H3. The highest BCUT2D eigenvalue weighted by Crippen LogP contribution is 2.24. The molecule has 2 rings (SSSR count). The van der Waals surface area contributed by atoms with E-state index in [0.29, 0.717) is 12.1 Å². The van der Waals surface area contributed by atoms with E-state index < -0.39 is 0 Å². The average molecular weight is 255 g/mol. The molecule has 1 nitrogen and oxygen atoms in total. The molecule has 0 saturated heterocycles. The molecule has 1 heteroatoms. The lowest BCUT2D eigenvalue weighted by Crippen LogP contribution is -2.28. The van der Waals surface area contributed by atoms with Gasteiger partial charge in [0.15, 0.2) is 0 Å². The van der Waals surface area contributed by atoms with Crippen molar-refractivity contribution in [3.05, 3.63) is 48.0 Å². The lowest BCUT2D eigenvalue weighted by atomic mass is 9.97. The molecular formula is C18H25N. The van der Waals surface area contributed by atoms with Crippen LogP contribution >= 0.6 is 0 Å². The Morgan fingerprint density at radius 3 is 2.42 bits per heavy atom. The average Bonchev–Trinajstić information content (AvgIpc) is 2.42. The second-order valence-electron chi connectivity index (χ2n) is 5.62. The summed E-state index contributed by atoms with van der Waals surface area (Å²) in [6.45, 7) is 6.70. The molecule has 0 fully saturated rings. The van der Waals surface area contributed by atoms with Gasteiger partial charge in [0.05, 0.1) is 0 Å². The summed E-state index contributed by atoms with van der Waals surface area (Å²) in [4.78, 5) is 0. The maximum atomic E-state index is 3.70. The number of nitrogens with one attached hydrogen (secondary N) is 1. The Hall–Kier alpha value is -1.34. The number of hydrogen-bond donors (Lipinski definition) is 1. The van der Waals surface area contributed by atoms with Gasteiger partial charge in [-0.05, 0) is 28.8 Å². The van der Waals surface area contributed by atoms with Gasteiger partial charge in [-0.3, -0.25) is 0 Å². The van der Waals surface area contributed by atoms with Gasteiger partial charge in [-0.15, -0.1) is 0 Å². The van der Waals surface area contributed by atoms with E-state index in [1.165, 1.54) is 35.6 Å². The minimum atomic E-state index is 0.476. The Labute approximate surface area is 117 Å². The van der Waals surface area contributed by atoms with Crippen molar-refractivity contribution in [1.82, 2.24) is 5.32 Å². The van der Waals surface area contributed by atoms with E-state index in [1.54, 1.807) is 0 Å². The summed E-state index contributed by atoms with van der Waals surface area (Å²) in [6.07, 6.45) is 3.74. The summed E-state index contributed by atoms with van der Waals surface area (Å²) in [7, 11) is 0. The molecule has 0 saturated carbocycles. The molecule has 1 atom stereocenters. The van der Waals surface area contributed by atoms with Gasteiger partial charge in [-0.1, -0.05) is 70.0 Å². The van der Waals surface area contributed by atoms with Crippen LogP contribution in [0.4, 0.5) is 0 Å². The zero-order chi connectivity index (χ0) is 13.7. The van der Waals surface area contributed by atoms with Crippen molar-refractivity contribution in [3.8, 4) is 0 Å². The maximum absolute atomic E-state index is 3.70. The van der Waals surface area contributed by atoms with E-state index in [9.17, 15) is 0 Å². The monoisotopic (exact) mass is 255 g/mol. The van der Waals surface area contributed by atoms with Crippen LogP contribution in [0.25, 0.3) is 10.8 Å². The van der Waals surface area contributed by atoms with Gasteiger partial charge in [0.2, 0.25) is 0 Å². The molecule has 0 radical (unpaired) electrons. The molecule has 102 valence electrons. The molecule has 0 aliphatic carbocycles. The maximum Gasteiger partial charge on any atom is 0.0322 e. The fourth-order valence-corrected chi connectivity index (χ4v) is 2.58. The Bertz CT molecular complexity index is 516. The molecule has 0 spiro atoms. The fraction of sp³-hybridized carbons (Fsp3) is 0.444. The number of rotatable bonds is 6.